The molecule has 1 atom stereocenters. The van der Waals surface area contributed by atoms with Crippen LogP contribution in [0.25, 0.3) is 0 Å². The predicted molar refractivity (Wildman–Crippen MR) is 85.7 cm³/mol. The fourth-order valence-corrected chi connectivity index (χ4v) is 3.29. The molecular formula is C17H24N4. The Balaban J connectivity index is 1.60. The van der Waals surface area contributed by atoms with Crippen LogP contribution >= 0.6 is 0 Å². The van der Waals surface area contributed by atoms with E-state index in [1.165, 1.54) is 24.0 Å². The van der Waals surface area contributed by atoms with E-state index in [2.05, 4.69) is 34.4 Å². The standard InChI is InChI=1S/C17H24N4/c1-12(2)14-5-3-13(4-6-14)10-21-8-7-16-15(11-21)9-19-17(18)20-16/h3,9,14H,1,4-8,10-11H2,2H3,(H2,18,19,20). The van der Waals surface area contributed by atoms with Crippen LogP contribution < -0.4 is 5.73 Å². The van der Waals surface area contributed by atoms with E-state index in [4.69, 9.17) is 5.73 Å². The minimum absolute atomic E-state index is 0.392. The summed E-state index contributed by atoms with van der Waals surface area (Å²) in [5.74, 6) is 1.08. The van der Waals surface area contributed by atoms with Crippen LogP contribution in [-0.2, 0) is 13.0 Å². The Bertz CT molecular complexity index is 576. The third kappa shape index (κ3) is 3.32. The number of aromatic nitrogens is 2. The maximum absolute atomic E-state index is 5.65. The first-order valence-corrected chi connectivity index (χ1v) is 7.77. The molecule has 0 amide bonds. The van der Waals surface area contributed by atoms with E-state index in [1.54, 1.807) is 5.57 Å². The van der Waals surface area contributed by atoms with Gasteiger partial charge >= 0.3 is 0 Å². The number of nitrogen functional groups attached to an aromatic ring is 1. The molecule has 4 heteroatoms. The smallest absolute Gasteiger partial charge is 0.220 e. The van der Waals surface area contributed by atoms with E-state index in [-0.39, 0.29) is 0 Å². The second-order valence-electron chi connectivity index (χ2n) is 6.34. The summed E-state index contributed by atoms with van der Waals surface area (Å²) in [6, 6.07) is 0. The average Bonchev–Trinajstić information content (AvgIpc) is 2.48. The molecule has 1 aromatic rings. The van der Waals surface area contributed by atoms with Gasteiger partial charge in [0.2, 0.25) is 5.95 Å². The number of nitrogens with zero attached hydrogens (tertiary/aromatic N) is 3. The van der Waals surface area contributed by atoms with Crippen LogP contribution in [0.2, 0.25) is 0 Å². The van der Waals surface area contributed by atoms with Crippen LogP contribution in [0.3, 0.4) is 0 Å². The van der Waals surface area contributed by atoms with E-state index in [0.717, 1.165) is 38.2 Å². The minimum atomic E-state index is 0.392. The Morgan fingerprint density at radius 2 is 2.33 bits per heavy atom. The molecule has 112 valence electrons. The van der Waals surface area contributed by atoms with E-state index in [9.17, 15) is 0 Å². The van der Waals surface area contributed by atoms with Crippen LogP contribution in [0, 0.1) is 5.92 Å². The summed E-state index contributed by atoms with van der Waals surface area (Å²) in [6.45, 7) is 9.32. The SMILES string of the molecule is C=C(C)C1CC=C(CN2CCc3nc(N)ncc3C2)CC1. The van der Waals surface area contributed by atoms with Crippen molar-refractivity contribution in [2.75, 3.05) is 18.8 Å². The monoisotopic (exact) mass is 284 g/mol. The Labute approximate surface area is 126 Å². The first-order chi connectivity index (χ1) is 10.1. The number of rotatable bonds is 3. The van der Waals surface area contributed by atoms with E-state index >= 15 is 0 Å². The highest BCUT2D eigenvalue weighted by Gasteiger charge is 2.21. The summed E-state index contributed by atoms with van der Waals surface area (Å²) in [6.07, 6.45) is 8.91. The number of nitrogens with two attached hydrogens (primary N) is 1. The van der Waals surface area contributed by atoms with Gasteiger partial charge in [-0.1, -0.05) is 23.8 Å². The molecule has 0 bridgehead atoms. The lowest BCUT2D eigenvalue weighted by atomic mass is 9.85. The Hall–Kier alpha value is -1.68. The van der Waals surface area contributed by atoms with Gasteiger partial charge in [0, 0.05) is 37.8 Å². The van der Waals surface area contributed by atoms with Crippen molar-refractivity contribution in [1.82, 2.24) is 14.9 Å². The molecule has 1 aromatic heterocycles. The number of anilines is 1. The van der Waals surface area contributed by atoms with Crippen molar-refractivity contribution < 1.29 is 0 Å². The van der Waals surface area contributed by atoms with Gasteiger partial charge in [0.15, 0.2) is 0 Å². The molecule has 1 aliphatic heterocycles. The predicted octanol–water partition coefficient (Wildman–Crippen LogP) is 2.72. The largest absolute Gasteiger partial charge is 0.368 e. The minimum Gasteiger partial charge on any atom is -0.368 e. The topological polar surface area (TPSA) is 55.0 Å². The molecule has 3 rings (SSSR count). The van der Waals surface area contributed by atoms with Gasteiger partial charge in [-0.3, -0.25) is 4.90 Å². The van der Waals surface area contributed by atoms with Gasteiger partial charge in [-0.15, -0.1) is 0 Å². The zero-order valence-electron chi connectivity index (χ0n) is 12.8. The lowest BCUT2D eigenvalue weighted by Gasteiger charge is -2.30. The normalized spacial score (nSPS) is 22.5. The molecule has 0 aromatic carbocycles. The third-order valence-electron chi connectivity index (χ3n) is 4.66. The van der Waals surface area contributed by atoms with Gasteiger partial charge in [0.25, 0.3) is 0 Å². The van der Waals surface area contributed by atoms with Crippen LogP contribution in [0.4, 0.5) is 5.95 Å². The molecule has 1 aliphatic carbocycles. The summed E-state index contributed by atoms with van der Waals surface area (Å²) >= 11 is 0. The van der Waals surface area contributed by atoms with Crippen molar-refractivity contribution in [1.29, 1.82) is 0 Å². The maximum atomic E-state index is 5.65. The van der Waals surface area contributed by atoms with Gasteiger partial charge in [0.1, 0.15) is 0 Å². The van der Waals surface area contributed by atoms with Gasteiger partial charge in [-0.2, -0.15) is 0 Å². The molecule has 0 spiro atoms. The first kappa shape index (κ1) is 14.3. The summed E-state index contributed by atoms with van der Waals surface area (Å²) < 4.78 is 0. The quantitative estimate of drug-likeness (QED) is 0.867. The average molecular weight is 284 g/mol. The highest BCUT2D eigenvalue weighted by Crippen LogP contribution is 2.29. The van der Waals surface area contributed by atoms with Crippen molar-refractivity contribution in [3.63, 3.8) is 0 Å². The number of allylic oxidation sites excluding steroid dienone is 2. The summed E-state index contributed by atoms with van der Waals surface area (Å²) in [5.41, 5.74) is 10.9. The van der Waals surface area contributed by atoms with Gasteiger partial charge < -0.3 is 5.73 Å². The second kappa shape index (κ2) is 5.98. The highest BCUT2D eigenvalue weighted by molar-refractivity contribution is 5.27. The van der Waals surface area contributed by atoms with Crippen molar-refractivity contribution >= 4 is 5.95 Å². The van der Waals surface area contributed by atoms with Crippen molar-refractivity contribution in [2.45, 2.75) is 39.2 Å². The Kier molecular flexibility index (Phi) is 4.06. The van der Waals surface area contributed by atoms with E-state index in [1.807, 2.05) is 6.20 Å². The van der Waals surface area contributed by atoms with Crippen LogP contribution in [0.5, 0.6) is 0 Å². The highest BCUT2D eigenvalue weighted by atomic mass is 15.1. The zero-order valence-corrected chi connectivity index (χ0v) is 12.8. The summed E-state index contributed by atoms with van der Waals surface area (Å²) in [5, 5.41) is 0. The molecule has 2 N–H and O–H groups in total. The Morgan fingerprint density at radius 1 is 1.48 bits per heavy atom. The molecule has 0 saturated carbocycles. The molecule has 0 fully saturated rings. The summed E-state index contributed by atoms with van der Waals surface area (Å²) in [7, 11) is 0. The fourth-order valence-electron chi connectivity index (χ4n) is 3.29. The van der Waals surface area contributed by atoms with Gasteiger partial charge in [0.05, 0.1) is 5.69 Å². The van der Waals surface area contributed by atoms with Crippen LogP contribution in [-0.4, -0.2) is 28.0 Å². The molecule has 2 heterocycles. The van der Waals surface area contributed by atoms with Crippen molar-refractivity contribution in [3.8, 4) is 0 Å². The number of fused-ring (bicyclic) bond motifs is 1. The maximum Gasteiger partial charge on any atom is 0.220 e. The molecule has 4 nitrogen and oxygen atoms in total. The number of hydrogen-bond acceptors (Lipinski definition) is 4. The van der Waals surface area contributed by atoms with Crippen LogP contribution in [0.15, 0.2) is 30.0 Å². The van der Waals surface area contributed by atoms with Crippen molar-refractivity contribution in [3.05, 3.63) is 41.3 Å². The first-order valence-electron chi connectivity index (χ1n) is 7.77. The lowest BCUT2D eigenvalue weighted by Crippen LogP contribution is -2.33. The van der Waals surface area contributed by atoms with E-state index in [0.29, 0.717) is 11.9 Å². The molecule has 1 unspecified atom stereocenters. The Morgan fingerprint density at radius 3 is 3.05 bits per heavy atom. The molecule has 21 heavy (non-hydrogen) atoms. The molecule has 0 saturated heterocycles. The van der Waals surface area contributed by atoms with Crippen molar-refractivity contribution in [2.24, 2.45) is 5.92 Å². The fraction of sp³-hybridized carbons (Fsp3) is 0.529. The molecule has 0 radical (unpaired) electrons. The summed E-state index contributed by atoms with van der Waals surface area (Å²) in [4.78, 5) is 11.0. The zero-order chi connectivity index (χ0) is 14.8. The number of hydrogen-bond donors (Lipinski definition) is 1. The lowest BCUT2D eigenvalue weighted by molar-refractivity contribution is 0.267. The van der Waals surface area contributed by atoms with E-state index < -0.39 is 0 Å². The van der Waals surface area contributed by atoms with Gasteiger partial charge in [-0.05, 0) is 32.1 Å². The molecular weight excluding hydrogens is 260 g/mol. The molecule has 2 aliphatic rings. The van der Waals surface area contributed by atoms with Gasteiger partial charge in [-0.25, -0.2) is 9.97 Å². The second-order valence-corrected chi connectivity index (χ2v) is 6.34. The van der Waals surface area contributed by atoms with Crippen LogP contribution in [0.1, 0.15) is 37.4 Å². The third-order valence-corrected chi connectivity index (χ3v) is 4.66.